The van der Waals surface area contributed by atoms with Crippen LogP contribution in [0.4, 0.5) is 11.5 Å². The van der Waals surface area contributed by atoms with Crippen molar-refractivity contribution in [3.05, 3.63) is 24.8 Å². The molecule has 2 aromatic rings. The van der Waals surface area contributed by atoms with E-state index < -0.39 is 0 Å². The van der Waals surface area contributed by atoms with Gasteiger partial charge in [0.1, 0.15) is 12.0 Å². The number of carbonyl (C=O) groups excluding carboxylic acids is 1. The Morgan fingerprint density at radius 3 is 2.84 bits per heavy atom. The van der Waals surface area contributed by atoms with Crippen LogP contribution in [-0.4, -0.2) is 69.9 Å². The Morgan fingerprint density at radius 1 is 1.24 bits per heavy atom. The minimum absolute atomic E-state index is 0.182. The highest BCUT2D eigenvalue weighted by Crippen LogP contribution is 2.25. The molecule has 0 unspecified atom stereocenters. The summed E-state index contributed by atoms with van der Waals surface area (Å²) in [4.78, 5) is 24.5. The molecule has 1 aliphatic heterocycles. The molecule has 0 atom stereocenters. The lowest BCUT2D eigenvalue weighted by Crippen LogP contribution is -2.35. The van der Waals surface area contributed by atoms with Gasteiger partial charge in [-0.05, 0) is 19.4 Å². The highest BCUT2D eigenvalue weighted by Gasteiger charge is 2.21. The van der Waals surface area contributed by atoms with Crippen LogP contribution in [0, 0.1) is 0 Å². The first-order valence-electron chi connectivity index (χ1n) is 8.42. The van der Waals surface area contributed by atoms with Crippen LogP contribution in [-0.2, 0) is 9.53 Å². The zero-order valence-electron chi connectivity index (χ0n) is 14.3. The van der Waals surface area contributed by atoms with Gasteiger partial charge in [-0.3, -0.25) is 9.69 Å². The fraction of sp³-hybridized carbons (Fsp3) is 0.500. The van der Waals surface area contributed by atoms with Crippen molar-refractivity contribution in [2.75, 3.05) is 50.0 Å². The number of esters is 1. The van der Waals surface area contributed by atoms with Crippen molar-refractivity contribution in [2.24, 2.45) is 0 Å². The fourth-order valence-corrected chi connectivity index (χ4v) is 2.94. The average Bonchev–Trinajstić information content (AvgIpc) is 3.03. The fourth-order valence-electron chi connectivity index (χ4n) is 2.94. The van der Waals surface area contributed by atoms with E-state index in [0.717, 1.165) is 32.6 Å². The van der Waals surface area contributed by atoms with E-state index in [2.05, 4.69) is 24.9 Å². The normalized spacial score (nSPS) is 15.8. The number of rotatable bonds is 5. The number of nitrogens with two attached hydrogens (primary N) is 1. The number of hydrogen-bond donors (Lipinski definition) is 1. The van der Waals surface area contributed by atoms with Crippen LogP contribution in [0.25, 0.3) is 5.82 Å². The molecule has 0 amide bonds. The molecule has 0 spiro atoms. The Kier molecular flexibility index (Phi) is 5.44. The maximum Gasteiger partial charge on any atom is 0.320 e. The van der Waals surface area contributed by atoms with Crippen LogP contribution in [0.15, 0.2) is 24.8 Å². The lowest BCUT2D eigenvalue weighted by atomic mass is 10.3. The minimum atomic E-state index is -0.182. The summed E-state index contributed by atoms with van der Waals surface area (Å²) in [7, 11) is 0. The van der Waals surface area contributed by atoms with Crippen molar-refractivity contribution in [3.8, 4) is 5.82 Å². The first kappa shape index (κ1) is 17.2. The lowest BCUT2D eigenvalue weighted by molar-refractivity contribution is -0.144. The highest BCUT2D eigenvalue weighted by atomic mass is 16.5. The van der Waals surface area contributed by atoms with Crippen molar-refractivity contribution >= 4 is 17.5 Å². The molecule has 0 radical (unpaired) electrons. The Bertz CT molecular complexity index is 705. The van der Waals surface area contributed by atoms with Crippen LogP contribution in [0.3, 0.4) is 0 Å². The monoisotopic (exact) mass is 345 g/mol. The average molecular weight is 345 g/mol. The topological polar surface area (TPSA) is 102 Å². The van der Waals surface area contributed by atoms with Crippen molar-refractivity contribution < 1.29 is 9.53 Å². The maximum absolute atomic E-state index is 11.7. The molecule has 1 saturated heterocycles. The van der Waals surface area contributed by atoms with Gasteiger partial charge in [-0.2, -0.15) is 5.10 Å². The second-order valence-electron chi connectivity index (χ2n) is 5.81. The number of ether oxygens (including phenoxy) is 1. The summed E-state index contributed by atoms with van der Waals surface area (Å²) in [5, 5.41) is 4.18. The van der Waals surface area contributed by atoms with Gasteiger partial charge in [0.2, 0.25) is 0 Å². The molecule has 0 bridgehead atoms. The smallest absolute Gasteiger partial charge is 0.320 e. The van der Waals surface area contributed by atoms with Gasteiger partial charge < -0.3 is 15.4 Å². The van der Waals surface area contributed by atoms with E-state index in [1.54, 1.807) is 17.1 Å². The van der Waals surface area contributed by atoms with Gasteiger partial charge in [-0.1, -0.05) is 0 Å². The molecule has 9 heteroatoms. The van der Waals surface area contributed by atoms with Gasteiger partial charge in [-0.25, -0.2) is 14.6 Å². The van der Waals surface area contributed by atoms with Gasteiger partial charge in [0.25, 0.3) is 0 Å². The number of hydrogen-bond acceptors (Lipinski definition) is 8. The molecular formula is C16H23N7O2. The molecule has 1 fully saturated rings. The SMILES string of the molecule is CCOC(=O)CN1CCCN(c2ncnc(-n3cccn3)c2N)CC1. The summed E-state index contributed by atoms with van der Waals surface area (Å²) in [5.41, 5.74) is 6.80. The van der Waals surface area contributed by atoms with Crippen LogP contribution >= 0.6 is 0 Å². The molecular weight excluding hydrogens is 322 g/mol. The summed E-state index contributed by atoms with van der Waals surface area (Å²) in [5.74, 6) is 1.10. The Hall–Kier alpha value is -2.68. The summed E-state index contributed by atoms with van der Waals surface area (Å²) in [6.45, 7) is 5.69. The van der Waals surface area contributed by atoms with Crippen molar-refractivity contribution in [1.29, 1.82) is 0 Å². The van der Waals surface area contributed by atoms with Crippen molar-refractivity contribution in [1.82, 2.24) is 24.6 Å². The summed E-state index contributed by atoms with van der Waals surface area (Å²) >= 11 is 0. The molecule has 134 valence electrons. The number of anilines is 2. The number of nitrogen functional groups attached to an aromatic ring is 1. The van der Waals surface area contributed by atoms with Crippen molar-refractivity contribution in [3.63, 3.8) is 0 Å². The zero-order chi connectivity index (χ0) is 17.6. The first-order chi connectivity index (χ1) is 12.2. The van der Waals surface area contributed by atoms with E-state index in [9.17, 15) is 4.79 Å². The third-order valence-electron chi connectivity index (χ3n) is 4.11. The molecule has 3 rings (SSSR count). The van der Waals surface area contributed by atoms with Crippen LogP contribution in [0.1, 0.15) is 13.3 Å². The predicted octanol–water partition coefficient (Wildman–Crippen LogP) is 0.320. The quantitative estimate of drug-likeness (QED) is 0.773. The van der Waals surface area contributed by atoms with E-state index in [1.807, 2.05) is 13.0 Å². The first-order valence-corrected chi connectivity index (χ1v) is 8.42. The number of nitrogens with zero attached hydrogens (tertiary/aromatic N) is 6. The van der Waals surface area contributed by atoms with Crippen molar-refractivity contribution in [2.45, 2.75) is 13.3 Å². The second kappa shape index (κ2) is 7.93. The highest BCUT2D eigenvalue weighted by molar-refractivity contribution is 5.72. The van der Waals surface area contributed by atoms with Crippen LogP contribution in [0.2, 0.25) is 0 Å². The van der Waals surface area contributed by atoms with Gasteiger partial charge in [0, 0.05) is 38.6 Å². The van der Waals surface area contributed by atoms with Gasteiger partial charge in [0.15, 0.2) is 11.6 Å². The largest absolute Gasteiger partial charge is 0.465 e. The Morgan fingerprint density at radius 2 is 2.08 bits per heavy atom. The molecule has 9 nitrogen and oxygen atoms in total. The van der Waals surface area contributed by atoms with Crippen LogP contribution < -0.4 is 10.6 Å². The standard InChI is InChI=1S/C16H23N7O2/c1-2-25-13(24)11-21-6-4-7-22(10-9-21)15-14(17)16(19-12-18-15)23-8-3-5-20-23/h3,5,8,12H,2,4,6-7,9-11,17H2,1H3. The predicted molar refractivity (Wildman–Crippen MR) is 93.5 cm³/mol. The van der Waals surface area contributed by atoms with Gasteiger partial charge >= 0.3 is 5.97 Å². The molecule has 2 aromatic heterocycles. The van der Waals surface area contributed by atoms with Gasteiger partial charge in [0.05, 0.1) is 13.2 Å². The van der Waals surface area contributed by atoms with Gasteiger partial charge in [-0.15, -0.1) is 0 Å². The molecule has 1 aliphatic rings. The second-order valence-corrected chi connectivity index (χ2v) is 5.81. The zero-order valence-corrected chi connectivity index (χ0v) is 14.3. The summed E-state index contributed by atoms with van der Waals surface area (Å²) in [6, 6.07) is 1.82. The van der Waals surface area contributed by atoms with E-state index in [4.69, 9.17) is 10.5 Å². The van der Waals surface area contributed by atoms with E-state index in [0.29, 0.717) is 30.5 Å². The van der Waals surface area contributed by atoms with E-state index >= 15 is 0 Å². The van der Waals surface area contributed by atoms with E-state index in [1.165, 1.54) is 6.33 Å². The molecule has 2 N–H and O–H groups in total. The third-order valence-corrected chi connectivity index (χ3v) is 4.11. The molecule has 25 heavy (non-hydrogen) atoms. The Labute approximate surface area is 146 Å². The molecule has 0 saturated carbocycles. The molecule has 0 aliphatic carbocycles. The third kappa shape index (κ3) is 4.05. The minimum Gasteiger partial charge on any atom is -0.465 e. The number of aromatic nitrogens is 4. The Balaban J connectivity index is 1.71. The number of carbonyl (C=O) groups is 1. The van der Waals surface area contributed by atoms with Crippen LogP contribution in [0.5, 0.6) is 0 Å². The maximum atomic E-state index is 11.7. The molecule has 3 heterocycles. The molecule has 0 aromatic carbocycles. The van der Waals surface area contributed by atoms with E-state index in [-0.39, 0.29) is 5.97 Å². The summed E-state index contributed by atoms with van der Waals surface area (Å²) < 4.78 is 6.66. The lowest BCUT2D eigenvalue weighted by Gasteiger charge is -2.24. The summed E-state index contributed by atoms with van der Waals surface area (Å²) in [6.07, 6.45) is 5.90.